The largest absolute Gasteiger partial charge is 0.494 e. The second kappa shape index (κ2) is 10.1. The molecule has 0 aliphatic rings. The lowest BCUT2D eigenvalue weighted by molar-refractivity contribution is -0.115. The van der Waals surface area contributed by atoms with E-state index >= 15 is 0 Å². The first kappa shape index (κ1) is 19.4. The maximum atomic E-state index is 12.3. The summed E-state index contributed by atoms with van der Waals surface area (Å²) in [4.78, 5) is 16.6. The van der Waals surface area contributed by atoms with Gasteiger partial charge in [-0.2, -0.15) is 0 Å². The Kier molecular flexibility index (Phi) is 7.01. The van der Waals surface area contributed by atoms with Gasteiger partial charge in [-0.25, -0.2) is 4.98 Å². The quantitative estimate of drug-likeness (QED) is 0.506. The van der Waals surface area contributed by atoms with Gasteiger partial charge in [-0.1, -0.05) is 43.7 Å². The molecule has 1 heterocycles. The van der Waals surface area contributed by atoms with E-state index < -0.39 is 0 Å². The number of hydrogen-bond donors (Lipinski definition) is 2. The van der Waals surface area contributed by atoms with Crippen LogP contribution in [0.15, 0.2) is 72.9 Å². The molecular weight excluding hydrogens is 350 g/mol. The molecule has 0 aliphatic heterocycles. The van der Waals surface area contributed by atoms with Gasteiger partial charge in [0.1, 0.15) is 11.6 Å². The van der Waals surface area contributed by atoms with E-state index in [9.17, 15) is 4.79 Å². The van der Waals surface area contributed by atoms with Crippen LogP contribution in [0.4, 0.5) is 17.2 Å². The number of nitrogens with one attached hydrogen (secondary N) is 2. The van der Waals surface area contributed by atoms with Crippen LogP contribution in [0.5, 0.6) is 5.75 Å². The van der Waals surface area contributed by atoms with Crippen molar-refractivity contribution in [1.29, 1.82) is 0 Å². The maximum Gasteiger partial charge on any atom is 0.228 e. The van der Waals surface area contributed by atoms with Gasteiger partial charge in [0.25, 0.3) is 0 Å². The van der Waals surface area contributed by atoms with E-state index in [1.165, 1.54) is 0 Å². The molecule has 144 valence electrons. The van der Waals surface area contributed by atoms with Crippen molar-refractivity contribution in [3.05, 3.63) is 78.5 Å². The van der Waals surface area contributed by atoms with E-state index in [2.05, 4.69) is 22.5 Å². The van der Waals surface area contributed by atoms with Crippen LogP contribution in [-0.2, 0) is 11.2 Å². The number of rotatable bonds is 9. The van der Waals surface area contributed by atoms with Crippen LogP contribution in [0, 0.1) is 0 Å². The Bertz CT molecular complexity index is 863. The van der Waals surface area contributed by atoms with Gasteiger partial charge in [-0.3, -0.25) is 4.79 Å². The molecule has 3 aromatic rings. The molecule has 0 spiro atoms. The fourth-order valence-corrected chi connectivity index (χ4v) is 2.64. The number of carbonyl (C=O) groups is 1. The molecule has 5 nitrogen and oxygen atoms in total. The molecule has 0 aliphatic carbocycles. The number of anilines is 3. The van der Waals surface area contributed by atoms with Crippen LogP contribution < -0.4 is 15.4 Å². The van der Waals surface area contributed by atoms with E-state index in [-0.39, 0.29) is 5.91 Å². The third-order valence-electron chi connectivity index (χ3n) is 4.15. The van der Waals surface area contributed by atoms with Crippen molar-refractivity contribution in [2.24, 2.45) is 0 Å². The molecule has 2 aromatic carbocycles. The summed E-state index contributed by atoms with van der Waals surface area (Å²) >= 11 is 0. The van der Waals surface area contributed by atoms with Crippen molar-refractivity contribution < 1.29 is 9.53 Å². The second-order valence-corrected chi connectivity index (χ2v) is 6.49. The SMILES string of the molecule is CCCCOc1ccc(CC(=O)Nc2ccc(Nc3ccccc3)nc2)cc1. The molecule has 0 unspecified atom stereocenters. The summed E-state index contributed by atoms with van der Waals surface area (Å²) in [5.74, 6) is 1.48. The number of unbranched alkanes of at least 4 members (excludes halogenated alkanes) is 1. The highest BCUT2D eigenvalue weighted by atomic mass is 16.5. The highest BCUT2D eigenvalue weighted by molar-refractivity contribution is 5.92. The van der Waals surface area contributed by atoms with Gasteiger partial charge in [0.05, 0.1) is 24.9 Å². The first-order chi connectivity index (χ1) is 13.7. The lowest BCUT2D eigenvalue weighted by atomic mass is 10.1. The minimum atomic E-state index is -0.0785. The van der Waals surface area contributed by atoms with Crippen LogP contribution in [0.2, 0.25) is 0 Å². The highest BCUT2D eigenvalue weighted by Crippen LogP contribution is 2.17. The van der Waals surface area contributed by atoms with Crippen LogP contribution in [-0.4, -0.2) is 17.5 Å². The van der Waals surface area contributed by atoms with Gasteiger partial charge in [-0.15, -0.1) is 0 Å². The van der Waals surface area contributed by atoms with E-state index in [1.54, 1.807) is 6.20 Å². The van der Waals surface area contributed by atoms with Gasteiger partial charge < -0.3 is 15.4 Å². The van der Waals surface area contributed by atoms with Crippen molar-refractivity contribution in [2.45, 2.75) is 26.2 Å². The monoisotopic (exact) mass is 375 g/mol. The molecule has 3 rings (SSSR count). The predicted molar refractivity (Wildman–Crippen MR) is 113 cm³/mol. The molecule has 1 amide bonds. The van der Waals surface area contributed by atoms with Crippen molar-refractivity contribution in [2.75, 3.05) is 17.2 Å². The Labute approximate surface area is 165 Å². The van der Waals surface area contributed by atoms with Crippen LogP contribution in [0.25, 0.3) is 0 Å². The number of para-hydroxylation sites is 1. The Hall–Kier alpha value is -3.34. The summed E-state index contributed by atoms with van der Waals surface area (Å²) in [5, 5.41) is 6.09. The zero-order chi connectivity index (χ0) is 19.6. The predicted octanol–water partition coefficient (Wildman–Crippen LogP) is 5.19. The van der Waals surface area contributed by atoms with Gasteiger partial charge in [0.15, 0.2) is 0 Å². The average molecular weight is 375 g/mol. The van der Waals surface area contributed by atoms with E-state index in [0.717, 1.165) is 42.3 Å². The first-order valence-corrected chi connectivity index (χ1v) is 9.52. The fourth-order valence-electron chi connectivity index (χ4n) is 2.64. The summed E-state index contributed by atoms with van der Waals surface area (Å²) in [5.41, 5.74) is 2.58. The Morgan fingerprint density at radius 3 is 2.43 bits per heavy atom. The van der Waals surface area contributed by atoms with Crippen molar-refractivity contribution in [3.63, 3.8) is 0 Å². The lowest BCUT2D eigenvalue weighted by Crippen LogP contribution is -2.14. The number of carbonyl (C=O) groups excluding carboxylic acids is 1. The number of amides is 1. The van der Waals surface area contributed by atoms with Gasteiger partial charge in [-0.05, 0) is 48.4 Å². The first-order valence-electron chi connectivity index (χ1n) is 9.52. The number of benzene rings is 2. The van der Waals surface area contributed by atoms with E-state index in [0.29, 0.717) is 12.1 Å². The molecule has 28 heavy (non-hydrogen) atoms. The fraction of sp³-hybridized carbons (Fsp3) is 0.217. The summed E-state index contributed by atoms with van der Waals surface area (Å²) in [6.07, 6.45) is 4.10. The molecule has 0 fully saturated rings. The number of nitrogens with zero attached hydrogens (tertiary/aromatic N) is 1. The molecule has 0 saturated carbocycles. The van der Waals surface area contributed by atoms with Gasteiger partial charge in [0.2, 0.25) is 5.91 Å². The summed E-state index contributed by atoms with van der Waals surface area (Å²) < 4.78 is 5.64. The number of pyridine rings is 1. The summed E-state index contributed by atoms with van der Waals surface area (Å²) in [7, 11) is 0. The topological polar surface area (TPSA) is 63.2 Å². The molecule has 0 saturated heterocycles. The zero-order valence-electron chi connectivity index (χ0n) is 16.0. The summed E-state index contributed by atoms with van der Waals surface area (Å²) in [6.45, 7) is 2.85. The minimum absolute atomic E-state index is 0.0785. The zero-order valence-corrected chi connectivity index (χ0v) is 16.0. The second-order valence-electron chi connectivity index (χ2n) is 6.49. The van der Waals surface area contributed by atoms with Crippen molar-refractivity contribution in [1.82, 2.24) is 4.98 Å². The maximum absolute atomic E-state index is 12.3. The van der Waals surface area contributed by atoms with Crippen molar-refractivity contribution in [3.8, 4) is 5.75 Å². The molecule has 2 N–H and O–H groups in total. The molecule has 0 atom stereocenters. The number of hydrogen-bond acceptors (Lipinski definition) is 4. The van der Waals surface area contributed by atoms with Crippen LogP contribution in [0.1, 0.15) is 25.3 Å². The van der Waals surface area contributed by atoms with Crippen LogP contribution >= 0.6 is 0 Å². The average Bonchev–Trinajstić information content (AvgIpc) is 2.72. The molecule has 0 radical (unpaired) electrons. The van der Waals surface area contributed by atoms with Crippen LogP contribution in [0.3, 0.4) is 0 Å². The Balaban J connectivity index is 1.49. The molecule has 1 aromatic heterocycles. The van der Waals surface area contributed by atoms with E-state index in [1.807, 2.05) is 66.7 Å². The third kappa shape index (κ3) is 6.13. The minimum Gasteiger partial charge on any atom is -0.494 e. The normalized spacial score (nSPS) is 10.3. The van der Waals surface area contributed by atoms with Crippen molar-refractivity contribution >= 4 is 23.1 Å². The molecule has 0 bridgehead atoms. The smallest absolute Gasteiger partial charge is 0.228 e. The standard InChI is InChI=1S/C23H25N3O2/c1-2-3-15-28-21-12-9-18(10-13-21)16-23(27)26-20-11-14-22(24-17-20)25-19-7-5-4-6-8-19/h4-14,17H,2-3,15-16H2,1H3,(H,24,25)(H,26,27). The highest BCUT2D eigenvalue weighted by Gasteiger charge is 2.05. The summed E-state index contributed by atoms with van der Waals surface area (Å²) in [6, 6.07) is 21.2. The number of aromatic nitrogens is 1. The van der Waals surface area contributed by atoms with Gasteiger partial charge in [0, 0.05) is 5.69 Å². The van der Waals surface area contributed by atoms with Gasteiger partial charge >= 0.3 is 0 Å². The third-order valence-corrected chi connectivity index (χ3v) is 4.15. The molecular formula is C23H25N3O2. The van der Waals surface area contributed by atoms with E-state index in [4.69, 9.17) is 4.74 Å². The Morgan fingerprint density at radius 2 is 1.75 bits per heavy atom. The number of ether oxygens (including phenoxy) is 1. The lowest BCUT2D eigenvalue weighted by Gasteiger charge is -2.09. The Morgan fingerprint density at radius 1 is 0.964 bits per heavy atom. The molecule has 5 heteroatoms.